The van der Waals surface area contributed by atoms with Crippen LogP contribution in [0.25, 0.3) is 0 Å². The second kappa shape index (κ2) is 4.76. The molecule has 1 aromatic rings. The highest BCUT2D eigenvalue weighted by Crippen LogP contribution is 2.22. The lowest BCUT2D eigenvalue weighted by Crippen LogP contribution is -2.37. The van der Waals surface area contributed by atoms with E-state index in [-0.39, 0.29) is 12.7 Å². The van der Waals surface area contributed by atoms with Gasteiger partial charge in [0.25, 0.3) is 0 Å². The van der Waals surface area contributed by atoms with Crippen LogP contribution in [-0.2, 0) is 11.3 Å². The number of likely N-dealkylation sites (N-methyl/N-ethyl adjacent to an activating group) is 1. The van der Waals surface area contributed by atoms with E-state index in [9.17, 15) is 0 Å². The van der Waals surface area contributed by atoms with Gasteiger partial charge in [-0.3, -0.25) is 4.98 Å². The molecule has 1 aliphatic heterocycles. The molecule has 2 atom stereocenters. The molecule has 1 saturated heterocycles. The van der Waals surface area contributed by atoms with Crippen molar-refractivity contribution < 1.29 is 9.84 Å². The Balaban J connectivity index is 2.10. The first-order chi connectivity index (χ1) is 7.72. The Kier molecular flexibility index (Phi) is 3.36. The highest BCUT2D eigenvalue weighted by molar-refractivity contribution is 5.36. The zero-order chi connectivity index (χ0) is 11.5. The molecule has 0 aliphatic carbocycles. The maximum absolute atomic E-state index is 8.88. The van der Waals surface area contributed by atoms with Crippen molar-refractivity contribution in [1.82, 2.24) is 9.97 Å². The van der Waals surface area contributed by atoms with Crippen molar-refractivity contribution in [3.63, 3.8) is 0 Å². The van der Waals surface area contributed by atoms with E-state index in [4.69, 9.17) is 9.84 Å². The minimum absolute atomic E-state index is 0.0695. The highest BCUT2D eigenvalue weighted by Gasteiger charge is 2.28. The number of ether oxygens (including phenoxy) is 1. The molecule has 16 heavy (non-hydrogen) atoms. The minimum atomic E-state index is -0.0695. The molecule has 0 radical (unpaired) electrons. The number of aliphatic hydroxyl groups is 1. The second-order valence-corrected chi connectivity index (χ2v) is 4.07. The summed E-state index contributed by atoms with van der Waals surface area (Å²) in [5.74, 6) is 0.819. The normalized spacial score (nSPS) is 24.7. The lowest BCUT2D eigenvalue weighted by molar-refractivity contribution is 0.118. The van der Waals surface area contributed by atoms with Crippen LogP contribution in [0, 0.1) is 0 Å². The molecule has 2 unspecified atom stereocenters. The van der Waals surface area contributed by atoms with Gasteiger partial charge in [0.1, 0.15) is 5.82 Å². The number of aromatic nitrogens is 2. The van der Waals surface area contributed by atoms with Crippen molar-refractivity contribution in [1.29, 1.82) is 0 Å². The molecule has 0 spiro atoms. The molecular formula is C11H17N3O2. The lowest BCUT2D eigenvalue weighted by Gasteiger charge is -2.27. The van der Waals surface area contributed by atoms with E-state index in [1.165, 1.54) is 0 Å². The number of hydrogen-bond acceptors (Lipinski definition) is 5. The average molecular weight is 223 g/mol. The van der Waals surface area contributed by atoms with Crippen molar-refractivity contribution in [3.8, 4) is 0 Å². The first-order valence-corrected chi connectivity index (χ1v) is 5.48. The fraction of sp³-hybridized carbons (Fsp3) is 0.636. The van der Waals surface area contributed by atoms with Gasteiger partial charge in [-0.05, 0) is 13.3 Å². The predicted molar refractivity (Wildman–Crippen MR) is 60.2 cm³/mol. The molecular weight excluding hydrogens is 206 g/mol. The van der Waals surface area contributed by atoms with Gasteiger partial charge in [0, 0.05) is 13.7 Å². The summed E-state index contributed by atoms with van der Waals surface area (Å²) in [6.45, 7) is 2.81. The quantitative estimate of drug-likeness (QED) is 0.812. The minimum Gasteiger partial charge on any atom is -0.390 e. The van der Waals surface area contributed by atoms with Crippen LogP contribution in [0.15, 0.2) is 12.4 Å². The Labute approximate surface area is 95.1 Å². The SMILES string of the molecule is CC1OCCC1N(C)c1cnc(CO)cn1. The van der Waals surface area contributed by atoms with Crippen LogP contribution in [0.3, 0.4) is 0 Å². The van der Waals surface area contributed by atoms with Crippen LogP contribution in [0.5, 0.6) is 0 Å². The van der Waals surface area contributed by atoms with Crippen LogP contribution >= 0.6 is 0 Å². The third-order valence-electron chi connectivity index (χ3n) is 3.05. The molecule has 5 nitrogen and oxygen atoms in total. The summed E-state index contributed by atoms with van der Waals surface area (Å²) in [5, 5.41) is 8.88. The van der Waals surface area contributed by atoms with Crippen molar-refractivity contribution in [2.75, 3.05) is 18.6 Å². The van der Waals surface area contributed by atoms with E-state index < -0.39 is 0 Å². The molecule has 2 heterocycles. The fourth-order valence-corrected chi connectivity index (χ4v) is 2.01. The Morgan fingerprint density at radius 1 is 1.50 bits per heavy atom. The van der Waals surface area contributed by atoms with Crippen LogP contribution in [-0.4, -0.2) is 40.9 Å². The van der Waals surface area contributed by atoms with E-state index in [0.29, 0.717) is 11.7 Å². The average Bonchev–Trinajstić information content (AvgIpc) is 2.75. The van der Waals surface area contributed by atoms with Gasteiger partial charge in [-0.2, -0.15) is 0 Å². The van der Waals surface area contributed by atoms with Gasteiger partial charge in [0.15, 0.2) is 0 Å². The maximum atomic E-state index is 8.88. The standard InChI is InChI=1S/C11H17N3O2/c1-8-10(3-4-16-8)14(2)11-6-12-9(7-15)5-13-11/h5-6,8,10,15H,3-4,7H2,1-2H3. The maximum Gasteiger partial charge on any atom is 0.147 e. The second-order valence-electron chi connectivity index (χ2n) is 4.07. The number of hydrogen-bond donors (Lipinski definition) is 1. The molecule has 0 aromatic carbocycles. The summed E-state index contributed by atoms with van der Waals surface area (Å²) in [4.78, 5) is 10.5. The third kappa shape index (κ3) is 2.15. The van der Waals surface area contributed by atoms with Gasteiger partial charge in [-0.25, -0.2) is 4.98 Å². The van der Waals surface area contributed by atoms with Gasteiger partial charge in [-0.15, -0.1) is 0 Å². The molecule has 0 amide bonds. The Morgan fingerprint density at radius 2 is 2.31 bits per heavy atom. The molecule has 0 bridgehead atoms. The number of anilines is 1. The van der Waals surface area contributed by atoms with Crippen molar-refractivity contribution in [2.24, 2.45) is 0 Å². The largest absolute Gasteiger partial charge is 0.390 e. The lowest BCUT2D eigenvalue weighted by atomic mass is 10.1. The molecule has 0 saturated carbocycles. The fourth-order valence-electron chi connectivity index (χ4n) is 2.01. The first-order valence-electron chi connectivity index (χ1n) is 5.48. The summed E-state index contributed by atoms with van der Waals surface area (Å²) < 4.78 is 5.52. The Bertz CT molecular complexity index is 342. The number of nitrogens with zero attached hydrogens (tertiary/aromatic N) is 3. The zero-order valence-corrected chi connectivity index (χ0v) is 9.63. The molecule has 5 heteroatoms. The van der Waals surface area contributed by atoms with Gasteiger partial charge in [-0.1, -0.05) is 0 Å². The van der Waals surface area contributed by atoms with E-state index in [1.54, 1.807) is 12.4 Å². The molecule has 1 aliphatic rings. The van der Waals surface area contributed by atoms with Gasteiger partial charge in [0.05, 0.1) is 36.8 Å². The van der Waals surface area contributed by atoms with Crippen LogP contribution < -0.4 is 4.90 Å². The van der Waals surface area contributed by atoms with Crippen LogP contribution in [0.2, 0.25) is 0 Å². The van der Waals surface area contributed by atoms with Crippen molar-refractivity contribution in [3.05, 3.63) is 18.1 Å². The number of aliphatic hydroxyl groups excluding tert-OH is 1. The molecule has 1 fully saturated rings. The smallest absolute Gasteiger partial charge is 0.147 e. The van der Waals surface area contributed by atoms with E-state index in [0.717, 1.165) is 18.8 Å². The topological polar surface area (TPSA) is 58.5 Å². The predicted octanol–water partition coefficient (Wildman–Crippen LogP) is 0.583. The molecule has 88 valence electrons. The Hall–Kier alpha value is -1.20. The third-order valence-corrected chi connectivity index (χ3v) is 3.05. The Morgan fingerprint density at radius 3 is 2.81 bits per heavy atom. The van der Waals surface area contributed by atoms with Gasteiger partial charge < -0.3 is 14.7 Å². The summed E-state index contributed by atoms with van der Waals surface area (Å²) in [5.41, 5.74) is 0.591. The first kappa shape index (κ1) is 11.3. The van der Waals surface area contributed by atoms with E-state index >= 15 is 0 Å². The van der Waals surface area contributed by atoms with E-state index in [1.807, 2.05) is 7.05 Å². The van der Waals surface area contributed by atoms with E-state index in [2.05, 4.69) is 21.8 Å². The van der Waals surface area contributed by atoms with Crippen LogP contribution in [0.4, 0.5) is 5.82 Å². The highest BCUT2D eigenvalue weighted by atomic mass is 16.5. The zero-order valence-electron chi connectivity index (χ0n) is 9.63. The molecule has 2 rings (SSSR count). The van der Waals surface area contributed by atoms with Crippen molar-refractivity contribution >= 4 is 5.82 Å². The number of rotatable bonds is 3. The van der Waals surface area contributed by atoms with Gasteiger partial charge in [0.2, 0.25) is 0 Å². The molecule has 1 N–H and O–H groups in total. The summed E-state index contributed by atoms with van der Waals surface area (Å²) >= 11 is 0. The van der Waals surface area contributed by atoms with Crippen molar-refractivity contribution in [2.45, 2.75) is 32.1 Å². The monoisotopic (exact) mass is 223 g/mol. The molecule has 1 aromatic heterocycles. The summed E-state index contributed by atoms with van der Waals surface area (Å²) in [7, 11) is 2.00. The summed E-state index contributed by atoms with van der Waals surface area (Å²) in [6, 6.07) is 0.356. The van der Waals surface area contributed by atoms with Crippen LogP contribution in [0.1, 0.15) is 19.0 Å². The summed E-state index contributed by atoms with van der Waals surface area (Å²) in [6.07, 6.45) is 4.54. The van der Waals surface area contributed by atoms with Gasteiger partial charge >= 0.3 is 0 Å².